The van der Waals surface area contributed by atoms with Crippen LogP contribution in [0.5, 0.6) is 0 Å². The van der Waals surface area contributed by atoms with Crippen LogP contribution in [0.2, 0.25) is 0 Å². The monoisotopic (exact) mass is 297 g/mol. The Morgan fingerprint density at radius 2 is 2.05 bits per heavy atom. The number of nitrogens with two attached hydrogens (primary N) is 1. The second-order valence-corrected chi connectivity index (χ2v) is 4.88. The lowest BCUT2D eigenvalue weighted by molar-refractivity contribution is -0.139. The van der Waals surface area contributed by atoms with Gasteiger partial charge < -0.3 is 16.4 Å². The van der Waals surface area contributed by atoms with E-state index in [0.29, 0.717) is 11.1 Å². The van der Waals surface area contributed by atoms with Gasteiger partial charge in [0.05, 0.1) is 17.6 Å². The van der Waals surface area contributed by atoms with Crippen molar-refractivity contribution in [3.05, 3.63) is 35.1 Å². The van der Waals surface area contributed by atoms with E-state index in [-0.39, 0.29) is 17.4 Å². The summed E-state index contributed by atoms with van der Waals surface area (Å²) >= 11 is 4.58. The maximum absolute atomic E-state index is 13.4. The number of rotatable bonds is 4. The molecule has 1 aromatic rings. The lowest BCUT2D eigenvalue weighted by atomic mass is 10.1. The van der Waals surface area contributed by atoms with E-state index in [2.05, 4.69) is 22.9 Å². The largest absolute Gasteiger partial charge is 0.392 e. The van der Waals surface area contributed by atoms with Gasteiger partial charge in [-0.1, -0.05) is 24.4 Å². The fourth-order valence-corrected chi connectivity index (χ4v) is 1.54. The summed E-state index contributed by atoms with van der Waals surface area (Å²) < 4.78 is 13.4. The highest BCUT2D eigenvalue weighted by Gasteiger charge is 2.17. The summed E-state index contributed by atoms with van der Waals surface area (Å²) in [7, 11) is 0. The van der Waals surface area contributed by atoms with E-state index in [1.807, 2.05) is 0 Å². The predicted molar refractivity (Wildman–Crippen MR) is 77.5 cm³/mol. The molecule has 2 amide bonds. The Hall–Kier alpha value is -2.02. The Morgan fingerprint density at radius 3 is 2.60 bits per heavy atom. The summed E-state index contributed by atoms with van der Waals surface area (Å²) in [5, 5.41) is 4.73. The van der Waals surface area contributed by atoms with Gasteiger partial charge in [-0.2, -0.15) is 0 Å². The molecule has 0 bridgehead atoms. The molecule has 0 aliphatic heterocycles. The fourth-order valence-electron chi connectivity index (χ4n) is 1.47. The molecule has 4 N–H and O–H groups in total. The molecule has 1 aromatic carbocycles. The molecular formula is C13H16FN3O2S. The molecule has 0 fully saturated rings. The third-order valence-corrected chi connectivity index (χ3v) is 2.82. The average molecular weight is 297 g/mol. The van der Waals surface area contributed by atoms with Crippen LogP contribution in [0.15, 0.2) is 18.2 Å². The Kier molecular flexibility index (Phi) is 5.57. The number of nitrogens with one attached hydrogen (secondary N) is 2. The third-order valence-electron chi connectivity index (χ3n) is 2.67. The van der Waals surface area contributed by atoms with Crippen molar-refractivity contribution < 1.29 is 14.0 Å². The van der Waals surface area contributed by atoms with Gasteiger partial charge in [-0.3, -0.25) is 9.59 Å². The van der Waals surface area contributed by atoms with E-state index in [1.54, 1.807) is 26.0 Å². The van der Waals surface area contributed by atoms with Crippen LogP contribution in [0, 0.1) is 12.7 Å². The first-order chi connectivity index (χ1) is 9.31. The van der Waals surface area contributed by atoms with Gasteiger partial charge in [-0.05, 0) is 31.0 Å². The van der Waals surface area contributed by atoms with Gasteiger partial charge >= 0.3 is 11.8 Å². The molecule has 0 saturated heterocycles. The van der Waals surface area contributed by atoms with Gasteiger partial charge in [0.25, 0.3) is 0 Å². The first-order valence-electron chi connectivity index (χ1n) is 5.94. The summed E-state index contributed by atoms with van der Waals surface area (Å²) in [5.41, 5.74) is 6.30. The molecule has 1 unspecified atom stereocenters. The molecule has 0 aromatic heterocycles. The molecule has 7 heteroatoms. The number of amides is 2. The Bertz CT molecular complexity index is 548. The van der Waals surface area contributed by atoms with Gasteiger partial charge in [0.2, 0.25) is 0 Å². The van der Waals surface area contributed by atoms with E-state index in [0.717, 1.165) is 0 Å². The highest BCUT2D eigenvalue weighted by molar-refractivity contribution is 7.80. The van der Waals surface area contributed by atoms with Crippen LogP contribution in [0.4, 0.5) is 4.39 Å². The van der Waals surface area contributed by atoms with E-state index < -0.39 is 17.9 Å². The second kappa shape index (κ2) is 6.95. The quantitative estimate of drug-likeness (QED) is 0.564. The van der Waals surface area contributed by atoms with Gasteiger partial charge in [0, 0.05) is 0 Å². The molecule has 1 atom stereocenters. The molecule has 0 spiro atoms. The molecular weight excluding hydrogens is 281 g/mol. The molecule has 20 heavy (non-hydrogen) atoms. The summed E-state index contributed by atoms with van der Waals surface area (Å²) in [6, 6.07) is 4.14. The smallest absolute Gasteiger partial charge is 0.309 e. The molecule has 1 rings (SSSR count). The van der Waals surface area contributed by atoms with Crippen LogP contribution in [-0.2, 0) is 9.59 Å². The zero-order chi connectivity index (χ0) is 15.3. The average Bonchev–Trinajstić information content (AvgIpc) is 2.38. The van der Waals surface area contributed by atoms with Gasteiger partial charge in [-0.15, -0.1) is 0 Å². The molecule has 0 radical (unpaired) electrons. The van der Waals surface area contributed by atoms with E-state index in [1.165, 1.54) is 6.07 Å². The minimum Gasteiger partial charge on any atom is -0.392 e. The summed E-state index contributed by atoms with van der Waals surface area (Å²) in [5.74, 6) is -2.02. The molecule has 0 saturated carbocycles. The van der Waals surface area contributed by atoms with Crippen molar-refractivity contribution >= 4 is 29.0 Å². The Morgan fingerprint density at radius 1 is 1.40 bits per heavy atom. The number of carbonyl (C=O) groups is 2. The highest BCUT2D eigenvalue weighted by Crippen LogP contribution is 2.16. The SMILES string of the molecule is Cc1ccc(C(C)NC(=O)C(=O)NCC(N)=S)cc1F. The minimum atomic E-state index is -0.836. The van der Waals surface area contributed by atoms with Gasteiger partial charge in [0.1, 0.15) is 5.82 Å². The van der Waals surface area contributed by atoms with E-state index in [4.69, 9.17) is 5.73 Å². The normalized spacial score (nSPS) is 11.6. The van der Waals surface area contributed by atoms with Crippen LogP contribution in [0.25, 0.3) is 0 Å². The van der Waals surface area contributed by atoms with Crippen molar-refractivity contribution in [2.75, 3.05) is 6.54 Å². The summed E-state index contributed by atoms with van der Waals surface area (Å²) in [4.78, 5) is 23.1. The van der Waals surface area contributed by atoms with Crippen molar-refractivity contribution in [1.29, 1.82) is 0 Å². The topological polar surface area (TPSA) is 84.2 Å². The zero-order valence-electron chi connectivity index (χ0n) is 11.2. The number of carbonyl (C=O) groups excluding carboxylic acids is 2. The maximum Gasteiger partial charge on any atom is 0.309 e. The molecule has 108 valence electrons. The van der Waals surface area contributed by atoms with Crippen molar-refractivity contribution in [2.24, 2.45) is 5.73 Å². The highest BCUT2D eigenvalue weighted by atomic mass is 32.1. The Labute approximate surface area is 121 Å². The minimum absolute atomic E-state index is 0.0465. The van der Waals surface area contributed by atoms with Crippen molar-refractivity contribution in [1.82, 2.24) is 10.6 Å². The number of hydrogen-bond donors (Lipinski definition) is 3. The number of benzene rings is 1. The number of thiocarbonyl (C=S) groups is 1. The lowest BCUT2D eigenvalue weighted by Crippen LogP contribution is -2.43. The molecule has 5 nitrogen and oxygen atoms in total. The van der Waals surface area contributed by atoms with E-state index in [9.17, 15) is 14.0 Å². The van der Waals surface area contributed by atoms with Gasteiger partial charge in [-0.25, -0.2) is 4.39 Å². The summed E-state index contributed by atoms with van der Waals surface area (Å²) in [6.07, 6.45) is 0. The van der Waals surface area contributed by atoms with Crippen LogP contribution in [0.3, 0.4) is 0 Å². The fraction of sp³-hybridized carbons (Fsp3) is 0.308. The van der Waals surface area contributed by atoms with Crippen molar-refractivity contribution in [2.45, 2.75) is 19.9 Å². The van der Waals surface area contributed by atoms with Crippen LogP contribution >= 0.6 is 12.2 Å². The van der Waals surface area contributed by atoms with Crippen LogP contribution < -0.4 is 16.4 Å². The van der Waals surface area contributed by atoms with E-state index >= 15 is 0 Å². The zero-order valence-corrected chi connectivity index (χ0v) is 12.0. The third kappa shape index (κ3) is 4.58. The van der Waals surface area contributed by atoms with Gasteiger partial charge in [0.15, 0.2) is 0 Å². The molecule has 0 aliphatic rings. The van der Waals surface area contributed by atoms with Crippen LogP contribution in [-0.4, -0.2) is 23.3 Å². The van der Waals surface area contributed by atoms with Crippen molar-refractivity contribution in [3.8, 4) is 0 Å². The van der Waals surface area contributed by atoms with Crippen LogP contribution in [0.1, 0.15) is 24.1 Å². The number of hydrogen-bond acceptors (Lipinski definition) is 3. The second-order valence-electron chi connectivity index (χ2n) is 4.35. The number of halogens is 1. The number of aryl methyl sites for hydroxylation is 1. The predicted octanol–water partition coefficient (Wildman–Crippen LogP) is 0.714. The lowest BCUT2D eigenvalue weighted by Gasteiger charge is -2.14. The van der Waals surface area contributed by atoms with Crippen molar-refractivity contribution in [3.63, 3.8) is 0 Å². The summed E-state index contributed by atoms with van der Waals surface area (Å²) in [6.45, 7) is 3.25. The maximum atomic E-state index is 13.4. The first kappa shape index (κ1) is 16.0. The standard InChI is InChI=1S/C13H16FN3O2S/c1-7-3-4-9(5-10(7)14)8(2)17-13(19)12(18)16-6-11(15)20/h3-5,8H,6H2,1-2H3,(H2,15,20)(H,16,18)(H,17,19). The Balaban J connectivity index is 2.62. The molecule has 0 heterocycles. The first-order valence-corrected chi connectivity index (χ1v) is 6.35. The molecule has 0 aliphatic carbocycles.